The van der Waals surface area contributed by atoms with E-state index in [9.17, 15) is 4.79 Å². The van der Waals surface area contributed by atoms with Crippen molar-refractivity contribution in [2.45, 2.75) is 26.5 Å². The van der Waals surface area contributed by atoms with E-state index in [0.29, 0.717) is 12.4 Å². The molecule has 0 saturated carbocycles. The Hall–Kier alpha value is -3.15. The van der Waals surface area contributed by atoms with Gasteiger partial charge in [-0.05, 0) is 43.7 Å². The third kappa shape index (κ3) is 4.44. The van der Waals surface area contributed by atoms with E-state index >= 15 is 0 Å². The largest absolute Gasteiger partial charge is 0.491 e. The Balaban J connectivity index is 1.64. The fourth-order valence-corrected chi connectivity index (χ4v) is 2.24. The second-order valence-electron chi connectivity index (χ2n) is 5.78. The van der Waals surface area contributed by atoms with Crippen LogP contribution in [0.5, 0.6) is 5.75 Å². The highest BCUT2D eigenvalue weighted by Gasteiger charge is 2.16. The lowest BCUT2D eigenvalue weighted by Crippen LogP contribution is -2.23. The Labute approximate surface area is 145 Å². The number of carbonyl (C=O) groups excluding carboxylic acids is 1. The zero-order valence-electron chi connectivity index (χ0n) is 14.1. The highest BCUT2D eigenvalue weighted by molar-refractivity contribution is 5.89. The lowest BCUT2D eigenvalue weighted by molar-refractivity contribution is 0.0907. The van der Waals surface area contributed by atoms with Crippen molar-refractivity contribution in [3.05, 3.63) is 66.1 Å². The summed E-state index contributed by atoms with van der Waals surface area (Å²) in [6, 6.07) is 16.9. The van der Waals surface area contributed by atoms with E-state index in [2.05, 4.69) is 15.5 Å². The fourth-order valence-electron chi connectivity index (χ4n) is 2.24. The molecule has 0 unspecified atom stereocenters. The topological polar surface area (TPSA) is 77.2 Å². The molecule has 3 aromatic rings. The monoisotopic (exact) mass is 337 g/mol. The van der Waals surface area contributed by atoms with Crippen molar-refractivity contribution in [3.63, 3.8) is 0 Å². The lowest BCUT2D eigenvalue weighted by atomic mass is 10.2. The number of hydrogen-bond donors (Lipinski definition) is 1. The number of rotatable bonds is 6. The van der Waals surface area contributed by atoms with Gasteiger partial charge in [0.2, 0.25) is 5.82 Å². The summed E-state index contributed by atoms with van der Waals surface area (Å²) in [6.07, 6.45) is 0.107. The van der Waals surface area contributed by atoms with Gasteiger partial charge in [0, 0.05) is 12.1 Å². The van der Waals surface area contributed by atoms with Crippen LogP contribution in [0.25, 0.3) is 11.4 Å². The minimum atomic E-state index is -0.401. The molecule has 0 aliphatic carbocycles. The number of hydrogen-bond acceptors (Lipinski definition) is 5. The van der Waals surface area contributed by atoms with Crippen molar-refractivity contribution >= 4 is 5.91 Å². The first kappa shape index (κ1) is 16.7. The standard InChI is InChI=1S/C19H19N3O3/c1-13(2)24-16-10-8-15(9-11-16)17-21-19(25-22-17)18(23)20-12-14-6-4-3-5-7-14/h3-11,13H,12H2,1-2H3,(H,20,23). The molecule has 6 heteroatoms. The summed E-state index contributed by atoms with van der Waals surface area (Å²) in [7, 11) is 0. The van der Waals surface area contributed by atoms with Crippen LogP contribution in [0.3, 0.4) is 0 Å². The lowest BCUT2D eigenvalue weighted by Gasteiger charge is -2.09. The van der Waals surface area contributed by atoms with E-state index in [0.717, 1.165) is 16.9 Å². The molecular weight excluding hydrogens is 318 g/mol. The quantitative estimate of drug-likeness (QED) is 0.745. The van der Waals surface area contributed by atoms with Gasteiger partial charge in [-0.15, -0.1) is 0 Å². The molecule has 0 spiro atoms. The van der Waals surface area contributed by atoms with Gasteiger partial charge in [-0.1, -0.05) is 35.5 Å². The predicted molar refractivity (Wildman–Crippen MR) is 93.1 cm³/mol. The van der Waals surface area contributed by atoms with Gasteiger partial charge in [0.05, 0.1) is 6.10 Å². The van der Waals surface area contributed by atoms with Crippen molar-refractivity contribution in [2.24, 2.45) is 0 Å². The zero-order valence-corrected chi connectivity index (χ0v) is 14.1. The highest BCUT2D eigenvalue weighted by atomic mass is 16.5. The summed E-state index contributed by atoms with van der Waals surface area (Å²) in [6.45, 7) is 4.33. The van der Waals surface area contributed by atoms with Gasteiger partial charge >= 0.3 is 11.8 Å². The minimum absolute atomic E-state index is 0.0616. The van der Waals surface area contributed by atoms with Crippen LogP contribution < -0.4 is 10.1 Å². The first-order valence-corrected chi connectivity index (χ1v) is 8.05. The number of benzene rings is 2. The Morgan fingerprint density at radius 1 is 1.12 bits per heavy atom. The summed E-state index contributed by atoms with van der Waals surface area (Å²) >= 11 is 0. The number of amides is 1. The first-order chi connectivity index (χ1) is 12.1. The molecule has 0 atom stereocenters. The van der Waals surface area contributed by atoms with Crippen molar-refractivity contribution in [2.75, 3.05) is 0 Å². The normalized spacial score (nSPS) is 10.7. The van der Waals surface area contributed by atoms with Crippen LogP contribution in [0.1, 0.15) is 30.1 Å². The number of carbonyl (C=O) groups is 1. The zero-order chi connectivity index (χ0) is 17.6. The van der Waals surface area contributed by atoms with E-state index in [1.165, 1.54) is 0 Å². The van der Waals surface area contributed by atoms with Gasteiger partial charge in [-0.25, -0.2) is 0 Å². The van der Waals surface area contributed by atoms with Crippen molar-refractivity contribution in [1.29, 1.82) is 0 Å². The minimum Gasteiger partial charge on any atom is -0.491 e. The van der Waals surface area contributed by atoms with E-state index in [1.807, 2.05) is 68.4 Å². The second kappa shape index (κ2) is 7.61. The van der Waals surface area contributed by atoms with Crippen LogP contribution in [-0.2, 0) is 6.54 Å². The molecular formula is C19H19N3O3. The van der Waals surface area contributed by atoms with E-state index < -0.39 is 5.91 Å². The maximum absolute atomic E-state index is 12.1. The maximum atomic E-state index is 12.1. The number of ether oxygens (including phenoxy) is 1. The average molecular weight is 337 g/mol. The third-order valence-corrected chi connectivity index (χ3v) is 3.40. The van der Waals surface area contributed by atoms with E-state index in [-0.39, 0.29) is 12.0 Å². The molecule has 0 radical (unpaired) electrons. The van der Waals surface area contributed by atoms with Crippen LogP contribution in [-0.4, -0.2) is 22.2 Å². The number of aromatic nitrogens is 2. The summed E-state index contributed by atoms with van der Waals surface area (Å²) in [5.41, 5.74) is 1.75. The Bertz CT molecular complexity index is 827. The molecule has 6 nitrogen and oxygen atoms in total. The van der Waals surface area contributed by atoms with Crippen LogP contribution in [0.2, 0.25) is 0 Å². The Morgan fingerprint density at radius 2 is 1.84 bits per heavy atom. The average Bonchev–Trinajstić information content (AvgIpc) is 3.11. The highest BCUT2D eigenvalue weighted by Crippen LogP contribution is 2.20. The van der Waals surface area contributed by atoms with E-state index in [1.54, 1.807) is 0 Å². The van der Waals surface area contributed by atoms with Gasteiger partial charge in [-0.3, -0.25) is 4.79 Å². The molecule has 0 aliphatic rings. The molecule has 128 valence electrons. The molecule has 1 aromatic heterocycles. The van der Waals surface area contributed by atoms with E-state index in [4.69, 9.17) is 9.26 Å². The molecule has 0 saturated heterocycles. The van der Waals surface area contributed by atoms with Gasteiger partial charge in [0.25, 0.3) is 0 Å². The second-order valence-corrected chi connectivity index (χ2v) is 5.78. The number of nitrogens with zero attached hydrogens (tertiary/aromatic N) is 2. The molecule has 1 heterocycles. The van der Waals surface area contributed by atoms with Crippen molar-refractivity contribution < 1.29 is 14.1 Å². The predicted octanol–water partition coefficient (Wildman–Crippen LogP) is 3.45. The van der Waals surface area contributed by atoms with Crippen LogP contribution in [0.15, 0.2) is 59.1 Å². The smallest absolute Gasteiger partial charge is 0.316 e. The molecule has 3 rings (SSSR count). The third-order valence-electron chi connectivity index (χ3n) is 3.40. The Kier molecular flexibility index (Phi) is 5.09. The fraction of sp³-hybridized carbons (Fsp3) is 0.211. The summed E-state index contributed by atoms with van der Waals surface area (Å²) in [5, 5.41) is 6.62. The molecule has 1 amide bonds. The van der Waals surface area contributed by atoms with Crippen LogP contribution in [0, 0.1) is 0 Å². The summed E-state index contributed by atoms with van der Waals surface area (Å²) in [4.78, 5) is 16.3. The van der Waals surface area contributed by atoms with Crippen molar-refractivity contribution in [1.82, 2.24) is 15.5 Å². The summed E-state index contributed by atoms with van der Waals surface area (Å²) in [5.74, 6) is 0.667. The van der Waals surface area contributed by atoms with Gasteiger partial charge < -0.3 is 14.6 Å². The maximum Gasteiger partial charge on any atom is 0.316 e. The Morgan fingerprint density at radius 3 is 2.52 bits per heavy atom. The molecule has 1 N–H and O–H groups in total. The molecule has 0 fully saturated rings. The molecule has 0 bridgehead atoms. The number of nitrogens with one attached hydrogen (secondary N) is 1. The molecule has 2 aromatic carbocycles. The first-order valence-electron chi connectivity index (χ1n) is 8.05. The van der Waals surface area contributed by atoms with Crippen LogP contribution in [0.4, 0.5) is 0 Å². The van der Waals surface area contributed by atoms with Gasteiger partial charge in [0.1, 0.15) is 5.75 Å². The summed E-state index contributed by atoms with van der Waals surface area (Å²) < 4.78 is 10.7. The van der Waals surface area contributed by atoms with Crippen molar-refractivity contribution in [3.8, 4) is 17.1 Å². The van der Waals surface area contributed by atoms with Gasteiger partial charge in [-0.2, -0.15) is 4.98 Å². The molecule has 0 aliphatic heterocycles. The SMILES string of the molecule is CC(C)Oc1ccc(-c2noc(C(=O)NCc3ccccc3)n2)cc1. The van der Waals surface area contributed by atoms with Gasteiger partial charge in [0.15, 0.2) is 0 Å². The van der Waals surface area contributed by atoms with Crippen LogP contribution >= 0.6 is 0 Å². The molecule has 25 heavy (non-hydrogen) atoms.